The van der Waals surface area contributed by atoms with Crippen LogP contribution in [0.15, 0.2) is 48.0 Å². The molecule has 146 valence electrons. The minimum atomic E-state index is -0.310. The lowest BCUT2D eigenvalue weighted by molar-refractivity contribution is -0.139. The SMILES string of the molecule is CN1CCC(c2cccc(F)c2)=C(C(=O)OCCc2ccc3c(c2)CCO3)C1. The Bertz CT molecular complexity index is 922. The highest BCUT2D eigenvalue weighted by molar-refractivity contribution is 5.98. The third kappa shape index (κ3) is 4.09. The van der Waals surface area contributed by atoms with E-state index >= 15 is 0 Å². The molecule has 0 saturated carbocycles. The molecule has 0 N–H and O–H groups in total. The fourth-order valence-corrected chi connectivity index (χ4v) is 3.82. The predicted octanol–water partition coefficient (Wildman–Crippen LogP) is 3.64. The molecule has 28 heavy (non-hydrogen) atoms. The van der Waals surface area contributed by atoms with Crippen LogP contribution in [0.1, 0.15) is 23.1 Å². The van der Waals surface area contributed by atoms with Crippen molar-refractivity contribution in [1.29, 1.82) is 0 Å². The van der Waals surface area contributed by atoms with Crippen molar-refractivity contribution in [3.8, 4) is 5.75 Å². The number of halogens is 1. The lowest BCUT2D eigenvalue weighted by Crippen LogP contribution is -2.31. The van der Waals surface area contributed by atoms with E-state index in [2.05, 4.69) is 11.0 Å². The van der Waals surface area contributed by atoms with Crippen molar-refractivity contribution in [3.63, 3.8) is 0 Å². The molecule has 2 aliphatic rings. The lowest BCUT2D eigenvalue weighted by Gasteiger charge is -2.27. The van der Waals surface area contributed by atoms with Gasteiger partial charge in [0.15, 0.2) is 0 Å². The summed E-state index contributed by atoms with van der Waals surface area (Å²) in [7, 11) is 1.97. The molecule has 2 aromatic carbocycles. The van der Waals surface area contributed by atoms with Gasteiger partial charge in [-0.1, -0.05) is 24.3 Å². The summed E-state index contributed by atoms with van der Waals surface area (Å²) in [5.41, 5.74) is 4.63. The topological polar surface area (TPSA) is 38.8 Å². The summed E-state index contributed by atoms with van der Waals surface area (Å²) in [6.07, 6.45) is 2.30. The average molecular weight is 381 g/mol. The summed E-state index contributed by atoms with van der Waals surface area (Å²) in [4.78, 5) is 14.9. The van der Waals surface area contributed by atoms with Gasteiger partial charge in [0.2, 0.25) is 0 Å². The summed E-state index contributed by atoms with van der Waals surface area (Å²) in [6.45, 7) is 2.40. The van der Waals surface area contributed by atoms with Gasteiger partial charge in [-0.2, -0.15) is 0 Å². The number of fused-ring (bicyclic) bond motifs is 1. The number of esters is 1. The molecule has 4 nitrogen and oxygen atoms in total. The van der Waals surface area contributed by atoms with E-state index in [0.717, 1.165) is 42.0 Å². The molecule has 2 heterocycles. The van der Waals surface area contributed by atoms with E-state index in [1.54, 1.807) is 6.07 Å². The zero-order valence-corrected chi connectivity index (χ0v) is 16.0. The van der Waals surface area contributed by atoms with Crippen LogP contribution in [0, 0.1) is 5.82 Å². The van der Waals surface area contributed by atoms with Crippen LogP contribution < -0.4 is 4.74 Å². The van der Waals surface area contributed by atoms with Gasteiger partial charge in [0.05, 0.1) is 18.8 Å². The number of benzene rings is 2. The number of ether oxygens (including phenoxy) is 2. The summed E-state index contributed by atoms with van der Waals surface area (Å²) >= 11 is 0. The van der Waals surface area contributed by atoms with Crippen LogP contribution in [-0.2, 0) is 22.4 Å². The maximum atomic E-state index is 13.7. The zero-order valence-electron chi connectivity index (χ0n) is 16.0. The quantitative estimate of drug-likeness (QED) is 0.742. The van der Waals surface area contributed by atoms with Crippen molar-refractivity contribution >= 4 is 11.5 Å². The molecule has 0 aromatic heterocycles. The van der Waals surface area contributed by atoms with Crippen LogP contribution in [0.4, 0.5) is 4.39 Å². The molecule has 0 amide bonds. The van der Waals surface area contributed by atoms with Crippen molar-refractivity contribution in [2.75, 3.05) is 33.4 Å². The fourth-order valence-electron chi connectivity index (χ4n) is 3.82. The zero-order chi connectivity index (χ0) is 19.5. The highest BCUT2D eigenvalue weighted by Gasteiger charge is 2.24. The van der Waals surface area contributed by atoms with Crippen LogP contribution >= 0.6 is 0 Å². The molecule has 0 unspecified atom stereocenters. The number of hydrogen-bond acceptors (Lipinski definition) is 4. The molecule has 0 radical (unpaired) electrons. The molecule has 5 heteroatoms. The second-order valence-corrected chi connectivity index (χ2v) is 7.38. The Morgan fingerprint density at radius 1 is 1.21 bits per heavy atom. The summed E-state index contributed by atoms with van der Waals surface area (Å²) in [5.74, 6) is 0.350. The summed E-state index contributed by atoms with van der Waals surface area (Å²) < 4.78 is 24.8. The maximum absolute atomic E-state index is 13.7. The maximum Gasteiger partial charge on any atom is 0.335 e. The van der Waals surface area contributed by atoms with Crippen LogP contribution in [0.2, 0.25) is 0 Å². The molecule has 0 aliphatic carbocycles. The van der Waals surface area contributed by atoms with Crippen LogP contribution in [0.3, 0.4) is 0 Å². The summed E-state index contributed by atoms with van der Waals surface area (Å²) in [5, 5.41) is 0. The molecule has 4 rings (SSSR count). The van der Waals surface area contributed by atoms with Gasteiger partial charge in [0.1, 0.15) is 11.6 Å². The van der Waals surface area contributed by atoms with Gasteiger partial charge in [-0.05, 0) is 53.9 Å². The van der Waals surface area contributed by atoms with Crippen LogP contribution in [-0.4, -0.2) is 44.2 Å². The van der Waals surface area contributed by atoms with E-state index in [4.69, 9.17) is 9.47 Å². The van der Waals surface area contributed by atoms with Crippen LogP contribution in [0.25, 0.3) is 5.57 Å². The molecule has 0 saturated heterocycles. The van der Waals surface area contributed by atoms with E-state index in [9.17, 15) is 9.18 Å². The average Bonchev–Trinajstić information content (AvgIpc) is 3.15. The Kier molecular flexibility index (Phi) is 5.44. The largest absolute Gasteiger partial charge is 0.493 e. The van der Waals surface area contributed by atoms with Gasteiger partial charge < -0.3 is 14.4 Å². The standard InChI is InChI=1S/C23H24FNO3/c1-25-10-7-20(17-3-2-4-19(24)14-17)21(15-25)23(26)28-11-8-16-5-6-22-18(13-16)9-12-27-22/h2-6,13-14H,7-12,15H2,1H3. The van der Waals surface area contributed by atoms with Gasteiger partial charge in [-0.25, -0.2) is 9.18 Å². The van der Waals surface area contributed by atoms with Crippen molar-refractivity contribution in [3.05, 3.63) is 70.5 Å². The highest BCUT2D eigenvalue weighted by atomic mass is 19.1. The number of rotatable bonds is 5. The first kappa shape index (κ1) is 18.7. The minimum absolute atomic E-state index is 0.294. The van der Waals surface area contributed by atoms with E-state index < -0.39 is 0 Å². The normalized spacial score (nSPS) is 16.6. The Morgan fingerprint density at radius 3 is 2.96 bits per heavy atom. The Labute approximate surface area is 164 Å². The second kappa shape index (κ2) is 8.15. The van der Waals surface area contributed by atoms with Gasteiger partial charge >= 0.3 is 5.97 Å². The molecule has 0 atom stereocenters. The Balaban J connectivity index is 1.45. The third-order valence-corrected chi connectivity index (χ3v) is 5.33. The predicted molar refractivity (Wildman–Crippen MR) is 106 cm³/mol. The van der Waals surface area contributed by atoms with Crippen molar-refractivity contribution in [2.45, 2.75) is 19.3 Å². The third-order valence-electron chi connectivity index (χ3n) is 5.33. The van der Waals surface area contributed by atoms with Gasteiger partial charge in [-0.15, -0.1) is 0 Å². The van der Waals surface area contributed by atoms with Crippen LogP contribution in [0.5, 0.6) is 5.75 Å². The van der Waals surface area contributed by atoms with Gasteiger partial charge in [0.25, 0.3) is 0 Å². The monoisotopic (exact) mass is 381 g/mol. The van der Waals surface area contributed by atoms with E-state index in [1.165, 1.54) is 17.7 Å². The minimum Gasteiger partial charge on any atom is -0.493 e. The molecule has 0 spiro atoms. The number of nitrogens with zero attached hydrogens (tertiary/aromatic N) is 1. The van der Waals surface area contributed by atoms with E-state index in [0.29, 0.717) is 31.6 Å². The van der Waals surface area contributed by atoms with Crippen molar-refractivity contribution < 1.29 is 18.7 Å². The molecule has 2 aliphatic heterocycles. The van der Waals surface area contributed by atoms with Crippen molar-refractivity contribution in [2.24, 2.45) is 0 Å². The molecule has 2 aromatic rings. The highest BCUT2D eigenvalue weighted by Crippen LogP contribution is 2.29. The first-order valence-electron chi connectivity index (χ1n) is 9.68. The first-order chi connectivity index (χ1) is 13.6. The second-order valence-electron chi connectivity index (χ2n) is 7.38. The molecule has 0 fully saturated rings. The van der Waals surface area contributed by atoms with E-state index in [1.807, 2.05) is 25.2 Å². The van der Waals surface area contributed by atoms with Gasteiger partial charge in [-0.3, -0.25) is 0 Å². The molecule has 0 bridgehead atoms. The first-order valence-corrected chi connectivity index (χ1v) is 9.68. The Morgan fingerprint density at radius 2 is 2.11 bits per heavy atom. The Hall–Kier alpha value is -2.66. The van der Waals surface area contributed by atoms with Gasteiger partial charge in [0, 0.05) is 25.9 Å². The lowest BCUT2D eigenvalue weighted by atomic mass is 9.93. The fraction of sp³-hybridized carbons (Fsp3) is 0.348. The van der Waals surface area contributed by atoms with E-state index in [-0.39, 0.29) is 11.8 Å². The van der Waals surface area contributed by atoms with Crippen molar-refractivity contribution in [1.82, 2.24) is 4.90 Å². The smallest absolute Gasteiger partial charge is 0.335 e. The molecular weight excluding hydrogens is 357 g/mol. The number of hydrogen-bond donors (Lipinski definition) is 0. The summed E-state index contributed by atoms with van der Waals surface area (Å²) in [6, 6.07) is 12.6. The number of likely N-dealkylation sites (N-methyl/N-ethyl adjacent to an activating group) is 1. The number of carbonyl (C=O) groups excluding carboxylic acids is 1. The molecular formula is C23H24FNO3. The number of carbonyl (C=O) groups is 1.